The van der Waals surface area contributed by atoms with Gasteiger partial charge in [-0.2, -0.15) is 0 Å². The zero-order valence-corrected chi connectivity index (χ0v) is 14.0. The summed E-state index contributed by atoms with van der Waals surface area (Å²) in [6.45, 7) is 8.10. The SMILES string of the molecule is CN[Si]1(C)O[SiH2]O[Si](C)(C)O[SiH](C)O1. The van der Waals surface area contributed by atoms with Gasteiger partial charge in [-0.15, -0.1) is 0 Å². The molecule has 0 aliphatic carbocycles. The minimum atomic E-state index is -2.17. The molecule has 1 aliphatic rings. The number of hydrogen-bond donors (Lipinski definition) is 1. The van der Waals surface area contributed by atoms with Gasteiger partial charge >= 0.3 is 26.6 Å². The highest BCUT2D eigenvalue weighted by Crippen LogP contribution is 2.15. The van der Waals surface area contributed by atoms with Crippen LogP contribution < -0.4 is 4.98 Å². The first-order chi connectivity index (χ1) is 6.37. The van der Waals surface area contributed by atoms with E-state index in [-0.39, 0.29) is 0 Å². The molecular formula is C5H19NO4Si4. The first-order valence-corrected chi connectivity index (χ1v) is 13.1. The van der Waals surface area contributed by atoms with Crippen molar-refractivity contribution in [3.63, 3.8) is 0 Å². The molecule has 84 valence electrons. The lowest BCUT2D eigenvalue weighted by Gasteiger charge is -2.36. The maximum Gasteiger partial charge on any atom is 0.403 e. The highest BCUT2D eigenvalue weighted by atomic mass is 28.5. The van der Waals surface area contributed by atoms with E-state index in [2.05, 4.69) is 4.98 Å². The third-order valence-corrected chi connectivity index (χ3v) is 15.6. The second kappa shape index (κ2) is 4.67. The Morgan fingerprint density at radius 1 is 1.14 bits per heavy atom. The summed E-state index contributed by atoms with van der Waals surface area (Å²) >= 11 is 0. The summed E-state index contributed by atoms with van der Waals surface area (Å²) in [5.41, 5.74) is 0. The van der Waals surface area contributed by atoms with E-state index in [1.54, 1.807) is 0 Å². The third-order valence-electron chi connectivity index (χ3n) is 2.04. The molecule has 5 nitrogen and oxygen atoms in total. The van der Waals surface area contributed by atoms with Crippen LogP contribution in [-0.4, -0.2) is 43.6 Å². The summed E-state index contributed by atoms with van der Waals surface area (Å²) in [6.07, 6.45) is 0. The molecule has 0 saturated carbocycles. The molecule has 1 rings (SSSR count). The number of hydrogen-bond acceptors (Lipinski definition) is 5. The summed E-state index contributed by atoms with van der Waals surface area (Å²) in [6, 6.07) is 0. The van der Waals surface area contributed by atoms with Crippen LogP contribution >= 0.6 is 0 Å². The van der Waals surface area contributed by atoms with E-state index in [1.165, 1.54) is 0 Å². The zero-order valence-electron chi connectivity index (χ0n) is 9.42. The number of nitrogens with one attached hydrogen (secondary N) is 1. The van der Waals surface area contributed by atoms with E-state index >= 15 is 0 Å². The Balaban J connectivity index is 2.63. The predicted molar refractivity (Wildman–Crippen MR) is 64.1 cm³/mol. The minimum absolute atomic E-state index is 0.957. The molecule has 1 N–H and O–H groups in total. The molecule has 0 bridgehead atoms. The first kappa shape index (κ1) is 12.7. The van der Waals surface area contributed by atoms with E-state index in [9.17, 15) is 0 Å². The van der Waals surface area contributed by atoms with Crippen molar-refractivity contribution in [2.24, 2.45) is 0 Å². The Morgan fingerprint density at radius 3 is 2.36 bits per heavy atom. The average molecular weight is 270 g/mol. The standard InChI is InChI=1S/C5H19NO4Si4/c1-6-14(5)8-11-7-13(3,4)9-12(2)10-14/h6,12H,11H2,1-5H3. The summed E-state index contributed by atoms with van der Waals surface area (Å²) in [5.74, 6) is 0. The van der Waals surface area contributed by atoms with E-state index in [0.717, 1.165) is 0 Å². The van der Waals surface area contributed by atoms with Gasteiger partial charge in [-0.3, -0.25) is 4.98 Å². The topological polar surface area (TPSA) is 49.0 Å². The molecule has 0 amide bonds. The molecule has 1 fully saturated rings. The van der Waals surface area contributed by atoms with Crippen LogP contribution in [-0.2, 0) is 16.5 Å². The van der Waals surface area contributed by atoms with Crippen LogP contribution in [0.3, 0.4) is 0 Å². The molecule has 0 aromatic heterocycles. The maximum absolute atomic E-state index is 5.88. The van der Waals surface area contributed by atoms with Crippen molar-refractivity contribution in [1.82, 2.24) is 4.98 Å². The summed E-state index contributed by atoms with van der Waals surface area (Å²) in [7, 11) is -4.81. The van der Waals surface area contributed by atoms with E-state index < -0.39 is 36.6 Å². The van der Waals surface area contributed by atoms with Gasteiger partial charge in [-0.05, 0) is 33.2 Å². The van der Waals surface area contributed by atoms with Gasteiger partial charge in [0, 0.05) is 0 Å². The van der Waals surface area contributed by atoms with Gasteiger partial charge in [0.15, 0.2) is 0 Å². The van der Waals surface area contributed by atoms with Gasteiger partial charge in [0.05, 0.1) is 0 Å². The third kappa shape index (κ3) is 3.67. The zero-order chi connectivity index (χ0) is 10.8. The van der Waals surface area contributed by atoms with Gasteiger partial charge in [-0.25, -0.2) is 0 Å². The Hall–Kier alpha value is 0.668. The Kier molecular flexibility index (Phi) is 4.25. The van der Waals surface area contributed by atoms with Crippen LogP contribution in [0.5, 0.6) is 0 Å². The molecule has 0 spiro atoms. The van der Waals surface area contributed by atoms with Gasteiger partial charge in [-0.1, -0.05) is 0 Å². The van der Waals surface area contributed by atoms with Crippen molar-refractivity contribution < 1.29 is 16.5 Å². The fourth-order valence-electron chi connectivity index (χ4n) is 1.22. The quantitative estimate of drug-likeness (QED) is 0.645. The van der Waals surface area contributed by atoms with Crippen molar-refractivity contribution in [3.05, 3.63) is 0 Å². The molecule has 2 atom stereocenters. The predicted octanol–water partition coefficient (Wildman–Crippen LogP) is -0.595. The molecule has 9 heteroatoms. The highest BCUT2D eigenvalue weighted by Gasteiger charge is 2.39. The minimum Gasteiger partial charge on any atom is -0.420 e. The van der Waals surface area contributed by atoms with Gasteiger partial charge in [0.2, 0.25) is 0 Å². The summed E-state index contributed by atoms with van der Waals surface area (Å²) in [4.78, 5) is 3.13. The Morgan fingerprint density at radius 2 is 1.79 bits per heavy atom. The van der Waals surface area contributed by atoms with Gasteiger partial charge in [0.25, 0.3) is 10.0 Å². The summed E-state index contributed by atoms with van der Waals surface area (Å²) in [5, 5.41) is 0. The molecule has 14 heavy (non-hydrogen) atoms. The van der Waals surface area contributed by atoms with Crippen LogP contribution in [0.2, 0.25) is 26.2 Å². The molecule has 1 aliphatic heterocycles. The Bertz CT molecular complexity index is 206. The van der Waals surface area contributed by atoms with Gasteiger partial charge in [0.1, 0.15) is 0 Å². The van der Waals surface area contributed by atoms with Gasteiger partial charge < -0.3 is 16.5 Å². The molecule has 0 aromatic carbocycles. The van der Waals surface area contributed by atoms with Crippen LogP contribution in [0.25, 0.3) is 0 Å². The monoisotopic (exact) mass is 269 g/mol. The molecule has 1 heterocycles. The maximum atomic E-state index is 5.88. The first-order valence-electron chi connectivity index (χ1n) is 4.69. The van der Waals surface area contributed by atoms with E-state index in [4.69, 9.17) is 16.5 Å². The van der Waals surface area contributed by atoms with Crippen LogP contribution in [0, 0.1) is 0 Å². The fourth-order valence-corrected chi connectivity index (χ4v) is 13.2. The van der Waals surface area contributed by atoms with E-state index in [1.807, 2.05) is 33.2 Å². The second-order valence-corrected chi connectivity index (χ2v) is 14.6. The molecule has 0 aromatic rings. The van der Waals surface area contributed by atoms with E-state index in [0.29, 0.717) is 0 Å². The van der Waals surface area contributed by atoms with Crippen molar-refractivity contribution in [3.8, 4) is 0 Å². The average Bonchev–Trinajstić information content (AvgIpc) is 2.00. The highest BCUT2D eigenvalue weighted by molar-refractivity contribution is 6.81. The summed E-state index contributed by atoms with van der Waals surface area (Å²) < 4.78 is 23.2. The van der Waals surface area contributed by atoms with Crippen molar-refractivity contribution >= 4 is 36.6 Å². The number of rotatable bonds is 1. The lowest BCUT2D eigenvalue weighted by molar-refractivity contribution is 0.267. The van der Waals surface area contributed by atoms with Crippen LogP contribution in [0.1, 0.15) is 0 Å². The molecule has 1 saturated heterocycles. The van der Waals surface area contributed by atoms with Crippen molar-refractivity contribution in [1.29, 1.82) is 0 Å². The lowest BCUT2D eigenvalue weighted by Crippen LogP contribution is -2.60. The lowest BCUT2D eigenvalue weighted by atomic mass is 11.6. The molecular weight excluding hydrogens is 250 g/mol. The Labute approximate surface area is 91.6 Å². The van der Waals surface area contributed by atoms with Crippen LogP contribution in [0.4, 0.5) is 0 Å². The van der Waals surface area contributed by atoms with Crippen molar-refractivity contribution in [2.45, 2.75) is 26.2 Å². The van der Waals surface area contributed by atoms with Crippen LogP contribution in [0.15, 0.2) is 0 Å². The smallest absolute Gasteiger partial charge is 0.403 e. The molecule has 2 unspecified atom stereocenters. The fraction of sp³-hybridized carbons (Fsp3) is 1.00. The molecule has 0 radical (unpaired) electrons. The second-order valence-electron chi connectivity index (χ2n) is 3.81. The normalized spacial score (nSPS) is 40.5. The largest absolute Gasteiger partial charge is 0.420 e. The van der Waals surface area contributed by atoms with Crippen molar-refractivity contribution in [2.75, 3.05) is 7.05 Å².